The first-order chi connectivity index (χ1) is 5.59. The molecule has 5 nitrogen and oxygen atoms in total. The molecule has 0 bridgehead atoms. The summed E-state index contributed by atoms with van der Waals surface area (Å²) in [6, 6.07) is 0.422. The highest BCUT2D eigenvalue weighted by molar-refractivity contribution is 5.69. The molecule has 0 aromatic carbocycles. The van der Waals surface area contributed by atoms with Crippen molar-refractivity contribution >= 4 is 12.0 Å². The molecule has 0 amide bonds. The van der Waals surface area contributed by atoms with Gasteiger partial charge in [-0.05, 0) is 0 Å². The van der Waals surface area contributed by atoms with Crippen LogP contribution in [-0.2, 0) is 11.2 Å². The maximum Gasteiger partial charge on any atom is 0.311 e. The third kappa shape index (κ3) is 1.98. The van der Waals surface area contributed by atoms with Gasteiger partial charge in [0.25, 0.3) is 6.01 Å². The first-order valence-corrected chi connectivity index (χ1v) is 3.43. The van der Waals surface area contributed by atoms with Gasteiger partial charge in [0.2, 0.25) is 0 Å². The molecule has 0 saturated carbocycles. The van der Waals surface area contributed by atoms with Crippen molar-refractivity contribution in [2.75, 3.05) is 19.0 Å². The molecular formula is C7H10N2O3. The minimum Gasteiger partial charge on any atom is -0.481 e. The van der Waals surface area contributed by atoms with E-state index in [-0.39, 0.29) is 6.42 Å². The van der Waals surface area contributed by atoms with E-state index < -0.39 is 5.97 Å². The highest BCUT2D eigenvalue weighted by Crippen LogP contribution is 2.11. The Kier molecular flexibility index (Phi) is 2.32. The summed E-state index contributed by atoms with van der Waals surface area (Å²) in [7, 11) is 3.55. The van der Waals surface area contributed by atoms with Crippen molar-refractivity contribution in [2.24, 2.45) is 0 Å². The summed E-state index contributed by atoms with van der Waals surface area (Å²) in [5, 5.41) is 8.41. The molecule has 1 aromatic heterocycles. The van der Waals surface area contributed by atoms with Crippen molar-refractivity contribution in [2.45, 2.75) is 6.42 Å². The number of aliphatic carboxylic acids is 1. The summed E-state index contributed by atoms with van der Waals surface area (Å²) in [4.78, 5) is 15.8. The maximum absolute atomic E-state index is 10.2. The monoisotopic (exact) mass is 170 g/mol. The molecule has 1 aromatic rings. The standard InChI is InChI=1S/C7H10N2O3/c1-9(2)7-8-4-5(12-7)3-6(10)11/h4H,3H2,1-2H3,(H,10,11). The molecule has 0 atom stereocenters. The Morgan fingerprint density at radius 1 is 1.75 bits per heavy atom. The quantitative estimate of drug-likeness (QED) is 0.709. The van der Waals surface area contributed by atoms with Crippen LogP contribution < -0.4 is 4.90 Å². The van der Waals surface area contributed by atoms with Gasteiger partial charge in [-0.25, -0.2) is 4.98 Å². The zero-order valence-corrected chi connectivity index (χ0v) is 6.94. The lowest BCUT2D eigenvalue weighted by Crippen LogP contribution is -2.08. The van der Waals surface area contributed by atoms with Gasteiger partial charge in [-0.1, -0.05) is 0 Å². The summed E-state index contributed by atoms with van der Waals surface area (Å²) >= 11 is 0. The third-order valence-electron chi connectivity index (χ3n) is 1.25. The molecule has 1 rings (SSSR count). The van der Waals surface area contributed by atoms with E-state index in [9.17, 15) is 4.79 Å². The Morgan fingerprint density at radius 3 is 2.83 bits per heavy atom. The van der Waals surface area contributed by atoms with Crippen molar-refractivity contribution in [3.63, 3.8) is 0 Å². The molecule has 12 heavy (non-hydrogen) atoms. The van der Waals surface area contributed by atoms with Crippen LogP contribution in [-0.4, -0.2) is 30.2 Å². The largest absolute Gasteiger partial charge is 0.481 e. The number of rotatable bonds is 3. The van der Waals surface area contributed by atoms with Gasteiger partial charge in [0.05, 0.1) is 6.20 Å². The lowest BCUT2D eigenvalue weighted by Gasteiger charge is -2.03. The van der Waals surface area contributed by atoms with Gasteiger partial charge in [0.1, 0.15) is 12.2 Å². The summed E-state index contributed by atoms with van der Waals surface area (Å²) in [5.41, 5.74) is 0. The molecule has 1 N–H and O–H groups in total. The molecule has 0 fully saturated rings. The molecule has 0 aliphatic heterocycles. The first kappa shape index (κ1) is 8.58. The average molecular weight is 170 g/mol. The molecule has 0 saturated heterocycles. The fourth-order valence-corrected chi connectivity index (χ4v) is 0.735. The number of aromatic nitrogens is 1. The van der Waals surface area contributed by atoms with E-state index in [2.05, 4.69) is 4.98 Å². The van der Waals surface area contributed by atoms with E-state index in [4.69, 9.17) is 9.52 Å². The topological polar surface area (TPSA) is 66.6 Å². The fraction of sp³-hybridized carbons (Fsp3) is 0.429. The molecule has 0 aliphatic rings. The first-order valence-electron chi connectivity index (χ1n) is 3.43. The van der Waals surface area contributed by atoms with Gasteiger partial charge >= 0.3 is 5.97 Å². The van der Waals surface area contributed by atoms with E-state index in [1.165, 1.54) is 6.20 Å². The Bertz CT molecular complexity index is 280. The van der Waals surface area contributed by atoms with Crippen LogP contribution in [0.1, 0.15) is 5.76 Å². The summed E-state index contributed by atoms with van der Waals surface area (Å²) in [5.74, 6) is -0.553. The number of oxazole rings is 1. The second kappa shape index (κ2) is 3.25. The van der Waals surface area contributed by atoms with Crippen molar-refractivity contribution < 1.29 is 14.3 Å². The Labute approximate surface area is 69.6 Å². The minimum atomic E-state index is -0.920. The van der Waals surface area contributed by atoms with Crippen LogP contribution in [0.5, 0.6) is 0 Å². The highest BCUT2D eigenvalue weighted by atomic mass is 16.4. The van der Waals surface area contributed by atoms with Gasteiger partial charge in [0.15, 0.2) is 0 Å². The number of carboxylic acid groups (broad SMARTS) is 1. The van der Waals surface area contributed by atoms with Gasteiger partial charge in [-0.2, -0.15) is 0 Å². The second-order valence-electron chi connectivity index (χ2n) is 2.57. The van der Waals surface area contributed by atoms with E-state index in [0.717, 1.165) is 0 Å². The number of hydrogen-bond donors (Lipinski definition) is 1. The van der Waals surface area contributed by atoms with Gasteiger partial charge in [-0.15, -0.1) is 0 Å². The predicted octanol–water partition coefficient (Wildman–Crippen LogP) is 0.368. The van der Waals surface area contributed by atoms with E-state index >= 15 is 0 Å². The van der Waals surface area contributed by atoms with Crippen molar-refractivity contribution in [1.82, 2.24) is 4.98 Å². The molecular weight excluding hydrogens is 160 g/mol. The van der Waals surface area contributed by atoms with Crippen LogP contribution in [0.15, 0.2) is 10.6 Å². The Hall–Kier alpha value is -1.52. The lowest BCUT2D eigenvalue weighted by atomic mass is 10.4. The molecule has 5 heteroatoms. The zero-order chi connectivity index (χ0) is 9.14. The van der Waals surface area contributed by atoms with Crippen molar-refractivity contribution in [3.8, 4) is 0 Å². The number of carboxylic acids is 1. The molecule has 0 spiro atoms. The number of nitrogens with zero attached hydrogens (tertiary/aromatic N) is 2. The minimum absolute atomic E-state index is 0.124. The van der Waals surface area contributed by atoms with Gasteiger partial charge in [0, 0.05) is 14.1 Å². The fourth-order valence-electron chi connectivity index (χ4n) is 0.735. The molecule has 0 unspecified atom stereocenters. The number of anilines is 1. The predicted molar refractivity (Wildman–Crippen MR) is 42.2 cm³/mol. The second-order valence-corrected chi connectivity index (χ2v) is 2.57. The van der Waals surface area contributed by atoms with E-state index in [0.29, 0.717) is 11.8 Å². The smallest absolute Gasteiger partial charge is 0.311 e. The van der Waals surface area contributed by atoms with Crippen LogP contribution >= 0.6 is 0 Å². The van der Waals surface area contributed by atoms with E-state index in [1.54, 1.807) is 19.0 Å². The lowest BCUT2D eigenvalue weighted by molar-refractivity contribution is -0.136. The van der Waals surface area contributed by atoms with E-state index in [1.807, 2.05) is 0 Å². The summed E-state index contributed by atoms with van der Waals surface area (Å²) in [6.07, 6.45) is 1.30. The number of carbonyl (C=O) groups is 1. The van der Waals surface area contributed by atoms with Crippen LogP contribution in [0, 0.1) is 0 Å². The Morgan fingerprint density at radius 2 is 2.42 bits per heavy atom. The normalized spacial score (nSPS) is 9.83. The van der Waals surface area contributed by atoms with Gasteiger partial charge < -0.3 is 14.4 Å². The highest BCUT2D eigenvalue weighted by Gasteiger charge is 2.08. The molecule has 66 valence electrons. The van der Waals surface area contributed by atoms with Crippen molar-refractivity contribution in [1.29, 1.82) is 0 Å². The summed E-state index contributed by atoms with van der Waals surface area (Å²) < 4.78 is 5.09. The SMILES string of the molecule is CN(C)c1ncc(CC(=O)O)o1. The van der Waals surface area contributed by atoms with Crippen LogP contribution in [0.3, 0.4) is 0 Å². The molecule has 0 radical (unpaired) electrons. The number of hydrogen-bond acceptors (Lipinski definition) is 4. The van der Waals surface area contributed by atoms with Crippen LogP contribution in [0.25, 0.3) is 0 Å². The van der Waals surface area contributed by atoms with Crippen LogP contribution in [0.4, 0.5) is 6.01 Å². The molecule has 0 aliphatic carbocycles. The molecule has 1 heterocycles. The zero-order valence-electron chi connectivity index (χ0n) is 6.94. The van der Waals surface area contributed by atoms with Crippen molar-refractivity contribution in [3.05, 3.63) is 12.0 Å². The summed E-state index contributed by atoms with van der Waals surface area (Å²) in [6.45, 7) is 0. The Balaban J connectivity index is 2.70. The third-order valence-corrected chi connectivity index (χ3v) is 1.25. The average Bonchev–Trinajstić information content (AvgIpc) is 2.34. The van der Waals surface area contributed by atoms with Gasteiger partial charge in [-0.3, -0.25) is 4.79 Å². The van der Waals surface area contributed by atoms with Crippen LogP contribution in [0.2, 0.25) is 0 Å². The maximum atomic E-state index is 10.2.